The molecule has 8 heteroatoms. The van der Waals surface area contributed by atoms with Crippen LogP contribution in [0.2, 0.25) is 0 Å². The lowest BCUT2D eigenvalue weighted by atomic mass is 10.0. The van der Waals surface area contributed by atoms with Crippen LogP contribution in [0.5, 0.6) is 0 Å². The van der Waals surface area contributed by atoms with Gasteiger partial charge in [-0.2, -0.15) is 4.31 Å². The highest BCUT2D eigenvalue weighted by atomic mass is 32.2. The average molecular weight is 386 g/mol. The van der Waals surface area contributed by atoms with Gasteiger partial charge in [-0.1, -0.05) is 18.7 Å². The highest BCUT2D eigenvalue weighted by molar-refractivity contribution is 7.99. The molecular formula is C16H23N3O2S3. The number of thiophene rings is 1. The molecule has 0 aromatic carbocycles. The van der Waals surface area contributed by atoms with E-state index in [2.05, 4.69) is 4.98 Å². The molecule has 24 heavy (non-hydrogen) atoms. The van der Waals surface area contributed by atoms with Crippen molar-refractivity contribution >= 4 is 33.1 Å². The molecular weight excluding hydrogens is 362 g/mol. The summed E-state index contributed by atoms with van der Waals surface area (Å²) in [5.74, 6) is 1.55. The minimum Gasteiger partial charge on any atom is -0.329 e. The molecule has 0 atom stereocenters. The molecule has 5 nitrogen and oxygen atoms in total. The third-order valence-corrected chi connectivity index (χ3v) is 9.26. The molecule has 1 aliphatic heterocycles. The number of aryl methyl sites for hydroxylation is 2. The lowest BCUT2D eigenvalue weighted by Gasteiger charge is -2.30. The Morgan fingerprint density at radius 2 is 2.08 bits per heavy atom. The molecule has 0 N–H and O–H groups in total. The predicted molar refractivity (Wildman–Crippen MR) is 99.1 cm³/mol. The zero-order valence-electron chi connectivity index (χ0n) is 14.0. The fourth-order valence-corrected chi connectivity index (χ4v) is 6.85. The van der Waals surface area contributed by atoms with Gasteiger partial charge in [-0.15, -0.1) is 11.3 Å². The van der Waals surface area contributed by atoms with Crippen LogP contribution < -0.4 is 0 Å². The minimum absolute atomic E-state index is 0.486. The maximum atomic E-state index is 12.7. The van der Waals surface area contributed by atoms with Crippen molar-refractivity contribution in [1.29, 1.82) is 0 Å². The lowest BCUT2D eigenvalue weighted by molar-refractivity contribution is 0.291. The number of imidazole rings is 1. The molecule has 132 valence electrons. The molecule has 2 aromatic heterocycles. The van der Waals surface area contributed by atoms with E-state index in [1.807, 2.05) is 37.0 Å². The number of thioether (sulfide) groups is 1. The first-order valence-electron chi connectivity index (χ1n) is 8.19. The van der Waals surface area contributed by atoms with Gasteiger partial charge in [0.05, 0.1) is 0 Å². The van der Waals surface area contributed by atoms with Crippen LogP contribution >= 0.6 is 23.1 Å². The Hall–Kier alpha value is -0.830. The molecule has 1 aliphatic rings. The Labute approximate surface area is 152 Å². The van der Waals surface area contributed by atoms with Crippen LogP contribution in [0.3, 0.4) is 0 Å². The summed E-state index contributed by atoms with van der Waals surface area (Å²) in [6, 6.07) is 3.68. The third-order valence-electron chi connectivity index (χ3n) is 4.38. The second kappa shape index (κ2) is 7.59. The molecule has 1 fully saturated rings. The fraction of sp³-hybridized carbons (Fsp3) is 0.562. The maximum absolute atomic E-state index is 12.7. The van der Waals surface area contributed by atoms with Crippen LogP contribution in [0.1, 0.15) is 24.6 Å². The van der Waals surface area contributed by atoms with Gasteiger partial charge >= 0.3 is 0 Å². The number of nitrogens with zero attached hydrogens (tertiary/aromatic N) is 3. The monoisotopic (exact) mass is 385 g/mol. The maximum Gasteiger partial charge on any atom is 0.252 e. The molecule has 0 radical (unpaired) electrons. The number of hydrogen-bond acceptors (Lipinski definition) is 5. The summed E-state index contributed by atoms with van der Waals surface area (Å²) in [6.07, 6.45) is 6.48. The molecule has 2 aromatic rings. The van der Waals surface area contributed by atoms with Crippen molar-refractivity contribution in [3.8, 4) is 0 Å². The molecule has 0 unspecified atom stereocenters. The highest BCUT2D eigenvalue weighted by Gasteiger charge is 2.30. The third kappa shape index (κ3) is 3.87. The summed E-state index contributed by atoms with van der Waals surface area (Å²) in [7, 11) is -1.31. The standard InChI is InChI=1S/C16H23N3O2S3/c1-3-14-4-5-15(23-14)24(20,21)19-9-6-13(7-10-19)12-22-16-17-8-11-18(16)2/h4-5,8,11,13H,3,6-7,9-10,12H2,1-2H3. The molecule has 0 amide bonds. The SMILES string of the molecule is CCc1ccc(S(=O)(=O)N2CCC(CSc3nccn3C)CC2)s1. The summed E-state index contributed by atoms with van der Waals surface area (Å²) >= 11 is 3.16. The first-order valence-corrected chi connectivity index (χ1v) is 11.4. The van der Waals surface area contributed by atoms with E-state index < -0.39 is 10.0 Å². The zero-order valence-corrected chi connectivity index (χ0v) is 16.5. The smallest absolute Gasteiger partial charge is 0.252 e. The van der Waals surface area contributed by atoms with Gasteiger partial charge in [0.25, 0.3) is 10.0 Å². The number of sulfonamides is 1. The molecule has 1 saturated heterocycles. The molecule has 3 rings (SSSR count). The van der Waals surface area contributed by atoms with E-state index in [0.29, 0.717) is 23.2 Å². The van der Waals surface area contributed by atoms with Crippen molar-refractivity contribution in [2.45, 2.75) is 35.6 Å². The van der Waals surface area contributed by atoms with Gasteiger partial charge in [0.2, 0.25) is 0 Å². The van der Waals surface area contributed by atoms with E-state index in [-0.39, 0.29) is 0 Å². The first kappa shape index (κ1) is 18.0. The van der Waals surface area contributed by atoms with E-state index in [9.17, 15) is 8.42 Å². The Morgan fingerprint density at radius 1 is 1.33 bits per heavy atom. The Morgan fingerprint density at radius 3 is 2.67 bits per heavy atom. The van der Waals surface area contributed by atoms with Gasteiger partial charge in [0.1, 0.15) is 4.21 Å². The van der Waals surface area contributed by atoms with Crippen LogP contribution in [0.15, 0.2) is 33.9 Å². The van der Waals surface area contributed by atoms with Crippen LogP contribution in [0.25, 0.3) is 0 Å². The van der Waals surface area contributed by atoms with Gasteiger partial charge in [-0.3, -0.25) is 0 Å². The van der Waals surface area contributed by atoms with Crippen LogP contribution in [-0.2, 0) is 23.5 Å². The Kier molecular flexibility index (Phi) is 5.69. The highest BCUT2D eigenvalue weighted by Crippen LogP contribution is 2.30. The van der Waals surface area contributed by atoms with Crippen molar-refractivity contribution < 1.29 is 8.42 Å². The van der Waals surface area contributed by atoms with Gasteiger partial charge < -0.3 is 4.57 Å². The van der Waals surface area contributed by atoms with Crippen LogP contribution in [0, 0.1) is 5.92 Å². The number of aromatic nitrogens is 2. The molecule has 0 aliphatic carbocycles. The number of hydrogen-bond donors (Lipinski definition) is 0. The predicted octanol–water partition coefficient (Wildman–Crippen LogP) is 3.24. The first-order chi connectivity index (χ1) is 11.5. The van der Waals surface area contributed by atoms with Crippen molar-refractivity contribution in [1.82, 2.24) is 13.9 Å². The van der Waals surface area contributed by atoms with Crippen LogP contribution in [0.4, 0.5) is 0 Å². The zero-order chi connectivity index (χ0) is 17.2. The molecule has 0 bridgehead atoms. The van der Waals surface area contributed by atoms with E-state index >= 15 is 0 Å². The second-order valence-corrected chi connectivity index (χ2v) is 10.4. The quantitative estimate of drug-likeness (QED) is 0.717. The van der Waals surface area contributed by atoms with E-state index in [1.165, 1.54) is 11.3 Å². The van der Waals surface area contributed by atoms with E-state index in [0.717, 1.165) is 35.0 Å². The van der Waals surface area contributed by atoms with Gasteiger partial charge in [-0.25, -0.2) is 13.4 Å². The van der Waals surface area contributed by atoms with E-state index in [1.54, 1.807) is 22.1 Å². The average Bonchev–Trinajstić information content (AvgIpc) is 3.22. The number of rotatable bonds is 6. The molecule has 0 spiro atoms. The summed E-state index contributed by atoms with van der Waals surface area (Å²) in [5, 5.41) is 1.02. The van der Waals surface area contributed by atoms with Crippen molar-refractivity contribution in [2.75, 3.05) is 18.8 Å². The summed E-state index contributed by atoms with van der Waals surface area (Å²) in [6.45, 7) is 3.29. The Balaban J connectivity index is 1.55. The lowest BCUT2D eigenvalue weighted by Crippen LogP contribution is -2.38. The Bertz CT molecular complexity index is 774. The molecule has 0 saturated carbocycles. The molecule has 3 heterocycles. The summed E-state index contributed by atoms with van der Waals surface area (Å²) < 4.78 is 29.6. The van der Waals surface area contributed by atoms with Gasteiger partial charge in [0, 0.05) is 43.2 Å². The normalized spacial score (nSPS) is 17.4. The van der Waals surface area contributed by atoms with E-state index in [4.69, 9.17) is 0 Å². The van der Waals surface area contributed by atoms with Crippen molar-refractivity contribution in [3.63, 3.8) is 0 Å². The fourth-order valence-electron chi connectivity index (χ4n) is 2.81. The second-order valence-electron chi connectivity index (χ2n) is 6.05. The number of piperidine rings is 1. The van der Waals surface area contributed by atoms with Crippen LogP contribution in [-0.4, -0.2) is 41.1 Å². The van der Waals surface area contributed by atoms with Crippen molar-refractivity contribution in [3.05, 3.63) is 29.4 Å². The summed E-state index contributed by atoms with van der Waals surface area (Å²) in [4.78, 5) is 5.45. The van der Waals surface area contributed by atoms with Gasteiger partial charge in [-0.05, 0) is 37.3 Å². The largest absolute Gasteiger partial charge is 0.329 e. The van der Waals surface area contributed by atoms with Gasteiger partial charge in [0.15, 0.2) is 5.16 Å². The minimum atomic E-state index is -3.31. The topological polar surface area (TPSA) is 55.2 Å². The summed E-state index contributed by atoms with van der Waals surface area (Å²) in [5.41, 5.74) is 0. The van der Waals surface area contributed by atoms with Crippen molar-refractivity contribution in [2.24, 2.45) is 13.0 Å².